The number of carboxylic acids is 1. The van der Waals surface area contributed by atoms with Crippen LogP contribution in [-0.2, 0) is 16.0 Å². The Kier molecular flexibility index (Phi) is 3.84. The van der Waals surface area contributed by atoms with Crippen molar-refractivity contribution in [3.8, 4) is 0 Å². The van der Waals surface area contributed by atoms with E-state index in [9.17, 15) is 14.7 Å². The molecule has 0 radical (unpaired) electrons. The third-order valence-corrected chi connectivity index (χ3v) is 4.18. The first-order valence-corrected chi connectivity index (χ1v) is 6.86. The van der Waals surface area contributed by atoms with Gasteiger partial charge in [0.25, 0.3) is 0 Å². The van der Waals surface area contributed by atoms with Gasteiger partial charge in [0.1, 0.15) is 6.04 Å². The first-order chi connectivity index (χ1) is 9.33. The van der Waals surface area contributed by atoms with Crippen LogP contribution in [0.3, 0.4) is 0 Å². The van der Waals surface area contributed by atoms with E-state index >= 15 is 0 Å². The van der Waals surface area contributed by atoms with Gasteiger partial charge in [-0.2, -0.15) is 0 Å². The van der Waals surface area contributed by atoms with E-state index in [1.54, 1.807) is 7.05 Å². The molecule has 20 heavy (non-hydrogen) atoms. The second kappa shape index (κ2) is 5.27. The van der Waals surface area contributed by atoms with Crippen LogP contribution >= 0.6 is 0 Å². The van der Waals surface area contributed by atoms with Crippen LogP contribution in [-0.4, -0.2) is 35.0 Å². The van der Waals surface area contributed by atoms with Crippen LogP contribution in [0.4, 0.5) is 0 Å². The van der Waals surface area contributed by atoms with Gasteiger partial charge in [-0.3, -0.25) is 4.79 Å². The second-order valence-electron chi connectivity index (χ2n) is 6.24. The van der Waals surface area contributed by atoms with Gasteiger partial charge in [0.05, 0.1) is 0 Å². The highest BCUT2D eigenvalue weighted by atomic mass is 16.4. The molecule has 1 unspecified atom stereocenters. The van der Waals surface area contributed by atoms with Gasteiger partial charge in [0.2, 0.25) is 5.91 Å². The number of likely N-dealkylation sites (N-methyl/N-ethyl adjacent to an activating group) is 1. The minimum Gasteiger partial charge on any atom is -0.480 e. The predicted octanol–water partition coefficient (Wildman–Crippen LogP) is 2.19. The number of carbonyl (C=O) groups is 2. The van der Waals surface area contributed by atoms with Crippen molar-refractivity contribution in [2.24, 2.45) is 11.3 Å². The fourth-order valence-corrected chi connectivity index (χ4v) is 2.52. The quantitative estimate of drug-likeness (QED) is 0.896. The molecule has 1 N–H and O–H groups in total. The number of hydrogen-bond donors (Lipinski definition) is 1. The predicted molar refractivity (Wildman–Crippen MR) is 76.2 cm³/mol. The van der Waals surface area contributed by atoms with E-state index in [2.05, 4.69) is 0 Å². The summed E-state index contributed by atoms with van der Waals surface area (Å²) < 4.78 is 0. The van der Waals surface area contributed by atoms with Crippen LogP contribution < -0.4 is 0 Å². The van der Waals surface area contributed by atoms with Crippen molar-refractivity contribution in [2.75, 3.05) is 7.05 Å². The lowest BCUT2D eigenvalue weighted by molar-refractivity contribution is -0.149. The largest absolute Gasteiger partial charge is 0.480 e. The zero-order valence-corrected chi connectivity index (χ0v) is 12.2. The maximum atomic E-state index is 12.3. The summed E-state index contributed by atoms with van der Waals surface area (Å²) in [5, 5.41) is 9.39. The van der Waals surface area contributed by atoms with Crippen molar-refractivity contribution in [1.82, 2.24) is 4.90 Å². The summed E-state index contributed by atoms with van der Waals surface area (Å²) in [6, 6.07) is 8.60. The second-order valence-corrected chi connectivity index (χ2v) is 6.24. The Labute approximate surface area is 119 Å². The fourth-order valence-electron chi connectivity index (χ4n) is 2.52. The lowest BCUT2D eigenvalue weighted by atomic mass is 10.0. The maximum Gasteiger partial charge on any atom is 0.326 e. The van der Waals surface area contributed by atoms with E-state index in [1.807, 2.05) is 44.2 Å². The number of rotatable bonds is 5. The molecule has 0 heterocycles. The van der Waals surface area contributed by atoms with Gasteiger partial charge >= 0.3 is 5.97 Å². The normalized spacial score (nSPS) is 21.1. The van der Waals surface area contributed by atoms with E-state index in [1.165, 1.54) is 4.90 Å². The van der Waals surface area contributed by atoms with Gasteiger partial charge in [-0.05, 0) is 17.4 Å². The fraction of sp³-hybridized carbons (Fsp3) is 0.500. The van der Waals surface area contributed by atoms with Crippen LogP contribution in [0.25, 0.3) is 0 Å². The van der Waals surface area contributed by atoms with Crippen LogP contribution in [0.5, 0.6) is 0 Å². The SMILES string of the molecule is CN(C(=O)[C@H]1CC1(C)C)C(Cc1ccccc1)C(=O)O. The highest BCUT2D eigenvalue weighted by Crippen LogP contribution is 2.52. The molecule has 4 nitrogen and oxygen atoms in total. The van der Waals surface area contributed by atoms with Crippen molar-refractivity contribution in [2.45, 2.75) is 32.7 Å². The number of carboxylic acid groups (broad SMARTS) is 1. The molecular weight excluding hydrogens is 254 g/mol. The lowest BCUT2D eigenvalue weighted by Gasteiger charge is -2.25. The molecule has 0 saturated heterocycles. The van der Waals surface area contributed by atoms with Crippen molar-refractivity contribution < 1.29 is 14.7 Å². The Bertz CT molecular complexity index is 510. The smallest absolute Gasteiger partial charge is 0.326 e. The zero-order chi connectivity index (χ0) is 14.9. The summed E-state index contributed by atoms with van der Waals surface area (Å²) in [4.78, 5) is 25.2. The van der Waals surface area contributed by atoms with Crippen LogP contribution in [0.1, 0.15) is 25.8 Å². The highest BCUT2D eigenvalue weighted by Gasteiger charge is 2.52. The maximum absolute atomic E-state index is 12.3. The Balaban J connectivity index is 2.09. The molecule has 1 aliphatic carbocycles. The minimum absolute atomic E-state index is 0.0150. The van der Waals surface area contributed by atoms with Gasteiger partial charge in [0, 0.05) is 19.4 Å². The standard InChI is InChI=1S/C16H21NO3/c1-16(2)10-12(16)14(18)17(3)13(15(19)20)9-11-7-5-4-6-8-11/h4-8,12-13H,9-10H2,1-3H3,(H,19,20)/t12-,13?/m1/s1. The topological polar surface area (TPSA) is 57.6 Å². The number of nitrogens with zero attached hydrogens (tertiary/aromatic N) is 1. The van der Waals surface area contributed by atoms with E-state index < -0.39 is 12.0 Å². The molecule has 0 bridgehead atoms. The average molecular weight is 275 g/mol. The van der Waals surface area contributed by atoms with E-state index in [0.29, 0.717) is 6.42 Å². The first kappa shape index (κ1) is 14.6. The van der Waals surface area contributed by atoms with Gasteiger partial charge in [0.15, 0.2) is 0 Å². The summed E-state index contributed by atoms with van der Waals surface area (Å²) in [7, 11) is 1.60. The Morgan fingerprint density at radius 2 is 1.90 bits per heavy atom. The molecule has 1 aromatic carbocycles. The Hall–Kier alpha value is -1.84. The molecule has 1 amide bonds. The van der Waals surface area contributed by atoms with Crippen molar-refractivity contribution >= 4 is 11.9 Å². The van der Waals surface area contributed by atoms with Gasteiger partial charge in [-0.1, -0.05) is 44.2 Å². The monoisotopic (exact) mass is 275 g/mol. The van der Waals surface area contributed by atoms with Gasteiger partial charge < -0.3 is 10.0 Å². The Morgan fingerprint density at radius 1 is 1.35 bits per heavy atom. The number of hydrogen-bond acceptors (Lipinski definition) is 2. The van der Waals surface area contributed by atoms with E-state index in [-0.39, 0.29) is 17.2 Å². The van der Waals surface area contributed by atoms with E-state index in [4.69, 9.17) is 0 Å². The number of carbonyl (C=O) groups excluding carboxylic acids is 1. The minimum atomic E-state index is -0.955. The molecule has 2 atom stereocenters. The molecule has 1 saturated carbocycles. The van der Waals surface area contributed by atoms with Crippen LogP contribution in [0, 0.1) is 11.3 Å². The Morgan fingerprint density at radius 3 is 2.35 bits per heavy atom. The molecule has 2 rings (SSSR count). The van der Waals surface area contributed by atoms with Crippen molar-refractivity contribution in [1.29, 1.82) is 0 Å². The summed E-state index contributed by atoms with van der Waals surface area (Å²) in [6.07, 6.45) is 1.18. The highest BCUT2D eigenvalue weighted by molar-refractivity contribution is 5.87. The van der Waals surface area contributed by atoms with E-state index in [0.717, 1.165) is 12.0 Å². The summed E-state index contributed by atoms with van der Waals surface area (Å²) in [5.41, 5.74) is 0.941. The molecule has 0 spiro atoms. The molecular formula is C16H21NO3. The average Bonchev–Trinajstić information content (AvgIpc) is 3.04. The third-order valence-electron chi connectivity index (χ3n) is 4.18. The number of amides is 1. The molecule has 0 aromatic heterocycles. The zero-order valence-electron chi connectivity index (χ0n) is 12.2. The number of benzene rings is 1. The van der Waals surface area contributed by atoms with Gasteiger partial charge in [-0.15, -0.1) is 0 Å². The molecule has 4 heteroatoms. The summed E-state index contributed by atoms with van der Waals surface area (Å²) in [5.74, 6) is -1.05. The summed E-state index contributed by atoms with van der Waals surface area (Å²) >= 11 is 0. The molecule has 1 aromatic rings. The van der Waals surface area contributed by atoms with Gasteiger partial charge in [-0.25, -0.2) is 4.79 Å². The molecule has 1 fully saturated rings. The third kappa shape index (κ3) is 3.00. The van der Waals surface area contributed by atoms with Crippen LogP contribution in [0.15, 0.2) is 30.3 Å². The summed E-state index contributed by atoms with van der Waals surface area (Å²) in [6.45, 7) is 4.08. The molecule has 108 valence electrons. The van der Waals surface area contributed by atoms with Crippen molar-refractivity contribution in [3.05, 3.63) is 35.9 Å². The lowest BCUT2D eigenvalue weighted by Crippen LogP contribution is -2.45. The van der Waals surface area contributed by atoms with Crippen molar-refractivity contribution in [3.63, 3.8) is 0 Å². The number of aliphatic carboxylic acids is 1. The van der Waals surface area contributed by atoms with Crippen LogP contribution in [0.2, 0.25) is 0 Å². The molecule has 1 aliphatic rings. The molecule has 0 aliphatic heterocycles. The first-order valence-electron chi connectivity index (χ1n) is 6.86.